The summed E-state index contributed by atoms with van der Waals surface area (Å²) in [4.78, 5) is 9.44. The van der Waals surface area contributed by atoms with Gasteiger partial charge in [-0.2, -0.15) is 6.42 Å². The van der Waals surface area contributed by atoms with Gasteiger partial charge in [0.05, 0.1) is 0 Å². The predicted molar refractivity (Wildman–Crippen MR) is 26.6 cm³/mol. The first-order valence-corrected chi connectivity index (χ1v) is 3.95. The molecule has 0 rings (SSSR count). The molecule has 0 aromatic heterocycles. The Morgan fingerprint density at radius 1 is 1.40 bits per heavy atom. The average molecular weight is 216 g/mol. The third kappa shape index (κ3) is 38.5. The van der Waals surface area contributed by atoms with E-state index in [0.29, 0.717) is 6.42 Å². The van der Waals surface area contributed by atoms with E-state index in [2.05, 4.69) is 6.92 Å². The van der Waals surface area contributed by atoms with Crippen molar-refractivity contribution in [3.8, 4) is 0 Å². The van der Waals surface area contributed by atoms with Crippen LogP contribution in [0.15, 0.2) is 0 Å². The maximum atomic E-state index is 9.44. The summed E-state index contributed by atoms with van der Waals surface area (Å²) in [7, 11) is 0. The van der Waals surface area contributed by atoms with Crippen LogP contribution in [0.25, 0.3) is 0 Å². The van der Waals surface area contributed by atoms with Gasteiger partial charge in [-0.25, -0.2) is 0 Å². The zero-order chi connectivity index (χ0) is 7.54. The van der Waals surface area contributed by atoms with Gasteiger partial charge in [-0.3, -0.25) is 6.29 Å². The van der Waals surface area contributed by atoms with E-state index >= 15 is 0 Å². The van der Waals surface area contributed by atoms with Crippen LogP contribution in [0.5, 0.6) is 0 Å². The molecule has 0 aliphatic carbocycles. The van der Waals surface area contributed by atoms with Crippen LogP contribution in [0.2, 0.25) is 0 Å². The topological polar surface area (TPSA) is 51.2 Å². The van der Waals surface area contributed by atoms with Gasteiger partial charge in [-0.15, -0.1) is 0 Å². The molecule has 0 amide bonds. The molecule has 5 heteroatoms. The molecule has 1 radical (unpaired) electrons. The normalized spacial score (nSPS) is 5.70. The molecular weight excluding hydrogens is 207 g/mol. The van der Waals surface area contributed by atoms with Gasteiger partial charge in [0.1, 0.15) is 0 Å². The van der Waals surface area contributed by atoms with Gasteiger partial charge in [0.15, 0.2) is 0 Å². The van der Waals surface area contributed by atoms with Crippen LogP contribution >= 0.6 is 0 Å². The van der Waals surface area contributed by atoms with Crippen molar-refractivity contribution in [2.24, 2.45) is 0 Å². The molecule has 3 nitrogen and oxygen atoms in total. The van der Waals surface area contributed by atoms with E-state index in [-0.39, 0.29) is 18.6 Å². The summed E-state index contributed by atoms with van der Waals surface area (Å²) >= 11 is -2.00. The minimum atomic E-state index is -2.00. The largest absolute Gasteiger partial charge is 0 e. The first kappa shape index (κ1) is 16.9. The summed E-state index contributed by atoms with van der Waals surface area (Å²) in [6.45, 7) is 2.05. The third-order valence-electron chi connectivity index (χ3n) is 0.632. The van der Waals surface area contributed by atoms with Gasteiger partial charge >= 0.3 is 25.7 Å². The molecule has 0 atom stereocenters. The Labute approximate surface area is 81.4 Å². The molecule has 0 saturated heterocycles. The van der Waals surface area contributed by atoms with Crippen LogP contribution in [0, 0.1) is 0 Å². The Morgan fingerprint density at radius 3 is 1.90 bits per heavy atom. The number of hydrogen-bond donors (Lipinski definition) is 0. The molecule has 0 N–H and O–H groups in total. The summed E-state index contributed by atoms with van der Waals surface area (Å²) < 4.78 is 17.0. The Balaban J connectivity index is -0.000000107. The van der Waals surface area contributed by atoms with Crippen LogP contribution in [-0.4, -0.2) is 6.29 Å². The Kier molecular flexibility index (Phi) is 38.3. The summed E-state index contributed by atoms with van der Waals surface area (Å²) in [6, 6.07) is 0. The molecule has 0 unspecified atom stereocenters. The third-order valence-corrected chi connectivity index (χ3v) is 0.632. The summed E-state index contributed by atoms with van der Waals surface area (Å²) in [6.07, 6.45) is 4.51. The van der Waals surface area contributed by atoms with Gasteiger partial charge in [0.25, 0.3) is 0 Å². The van der Waals surface area contributed by atoms with Crippen molar-refractivity contribution in [2.45, 2.75) is 26.2 Å². The molecule has 0 aliphatic heterocycles. The van der Waals surface area contributed by atoms with Crippen LogP contribution < -0.4 is 0 Å². The number of hydrogen-bond acceptors (Lipinski definition) is 3. The molecule has 0 aromatic carbocycles. The van der Waals surface area contributed by atoms with Gasteiger partial charge in [0, 0.05) is 18.6 Å². The van der Waals surface area contributed by atoms with Crippen molar-refractivity contribution >= 4 is 6.29 Å². The van der Waals surface area contributed by atoms with Crippen LogP contribution in [0.4, 0.5) is 0 Å². The van der Waals surface area contributed by atoms with E-state index in [4.69, 9.17) is 6.65 Å². The summed E-state index contributed by atoms with van der Waals surface area (Å²) in [5.74, 6) is 0. The van der Waals surface area contributed by atoms with Gasteiger partial charge in [0.2, 0.25) is 0 Å². The van der Waals surface area contributed by atoms with Gasteiger partial charge in [-0.05, 0) is 0 Å². The van der Waals surface area contributed by atoms with Gasteiger partial charge in [-0.1, -0.05) is 19.8 Å². The molecule has 0 bridgehead atoms. The maximum absolute atomic E-state index is 9.44. The van der Waals surface area contributed by atoms with Crippen molar-refractivity contribution in [3.63, 3.8) is 0 Å². The fraction of sp³-hybridized carbons (Fsp3) is 0.800. The zero-order valence-corrected chi connectivity index (χ0v) is 8.75. The van der Waals surface area contributed by atoms with E-state index in [0.717, 1.165) is 12.8 Å². The Morgan fingerprint density at radius 2 is 1.80 bits per heavy atom. The Hall–Kier alpha value is 0.569. The maximum Gasteiger partial charge on any atom is 0 e. The van der Waals surface area contributed by atoms with Crippen molar-refractivity contribution in [1.82, 2.24) is 0 Å². The molecule has 10 heavy (non-hydrogen) atoms. The molecule has 0 aliphatic rings. The number of carbonyl (C=O) groups excluding carboxylic acids is 1. The molecule has 0 fully saturated rings. The second-order valence-corrected chi connectivity index (χ2v) is 1.59. The molecule has 0 saturated carbocycles. The van der Waals surface area contributed by atoms with E-state index in [1.165, 1.54) is 0 Å². The zero-order valence-electron chi connectivity index (χ0n) is 5.79. The summed E-state index contributed by atoms with van der Waals surface area (Å²) in [5.41, 5.74) is 0. The van der Waals surface area contributed by atoms with Crippen LogP contribution in [0.3, 0.4) is 0 Å². The van der Waals surface area contributed by atoms with Gasteiger partial charge < -0.3 is 4.79 Å². The average Bonchev–Trinajstić information content (AvgIpc) is 1.86. The second-order valence-electron chi connectivity index (χ2n) is 1.33. The van der Waals surface area contributed by atoms with E-state index in [1.807, 2.05) is 6.29 Å². The molecular formula is C5H9O3TiV-. The van der Waals surface area contributed by atoms with E-state index < -0.39 is 19.1 Å². The fourth-order valence-electron chi connectivity index (χ4n) is 0.249. The molecule has 57 valence electrons. The molecule has 0 aromatic rings. The van der Waals surface area contributed by atoms with Crippen LogP contribution in [0.1, 0.15) is 26.2 Å². The van der Waals surface area contributed by atoms with Crippen LogP contribution in [-0.2, 0) is 49.1 Å². The first-order chi connectivity index (χ1) is 4.33. The summed E-state index contributed by atoms with van der Waals surface area (Å²) in [5, 5.41) is 0. The smallest absolute Gasteiger partial charge is 0 e. The minimum Gasteiger partial charge on any atom is 0 e. The van der Waals surface area contributed by atoms with Crippen molar-refractivity contribution in [2.75, 3.05) is 0 Å². The molecule has 0 spiro atoms. The van der Waals surface area contributed by atoms with Crippen molar-refractivity contribution in [3.05, 3.63) is 0 Å². The number of unbranched alkanes of at least 4 members (excludes halogenated alkanes) is 2. The Bertz CT molecular complexity index is 90.9. The second kappa shape index (κ2) is 22.7. The number of rotatable bonds is 3. The quantitative estimate of drug-likeness (QED) is 0.402. The standard InChI is InChI=1S/C5H9O.2O.Ti.V/c1-2-3-4-5-6;;;;/h2-4H2,1H3;;;;/q-1;;;;. The van der Waals surface area contributed by atoms with E-state index in [1.54, 1.807) is 0 Å². The first-order valence-electron chi connectivity index (χ1n) is 2.67. The monoisotopic (exact) mass is 216 g/mol. The fourth-order valence-corrected chi connectivity index (χ4v) is 0.249. The predicted octanol–water partition coefficient (Wildman–Crippen LogP) is 1.04. The van der Waals surface area contributed by atoms with Crippen molar-refractivity contribution < 1.29 is 49.1 Å². The van der Waals surface area contributed by atoms with Crippen molar-refractivity contribution in [1.29, 1.82) is 0 Å². The minimum absolute atomic E-state index is 0. The SMILES string of the molecule is CCCC[C-]=O.[O]=[Ti]=[O].[V]. The van der Waals surface area contributed by atoms with E-state index in [9.17, 15) is 4.79 Å². The molecule has 0 heterocycles.